The summed E-state index contributed by atoms with van der Waals surface area (Å²) in [5, 5.41) is 8.27. The van der Waals surface area contributed by atoms with Crippen molar-refractivity contribution in [2.45, 2.75) is 45.4 Å². The molecule has 64 valence electrons. The Hall–Kier alpha value is 0.269. The molecule has 0 saturated heterocycles. The van der Waals surface area contributed by atoms with Gasteiger partial charge in [0.25, 0.3) is 0 Å². The molecular weight excluding hydrogens is 247 g/mol. The molecule has 11 heavy (non-hydrogen) atoms. The summed E-state index contributed by atoms with van der Waals surface area (Å²) in [7, 11) is 0. The van der Waals surface area contributed by atoms with Crippen molar-refractivity contribution in [3.05, 3.63) is 0 Å². The molecule has 0 rings (SSSR count). The van der Waals surface area contributed by atoms with Crippen molar-refractivity contribution < 1.29 is 9.90 Å². The molecule has 0 spiro atoms. The molecule has 0 aromatic rings. The van der Waals surface area contributed by atoms with Crippen LogP contribution in [0.4, 0.5) is 0 Å². The molecule has 0 bridgehead atoms. The Morgan fingerprint density at radius 3 is 2.18 bits per heavy atom. The Bertz CT molecular complexity index is 94.1. The van der Waals surface area contributed by atoms with E-state index in [1.807, 2.05) is 0 Å². The van der Waals surface area contributed by atoms with Crippen LogP contribution < -0.4 is 0 Å². The quantitative estimate of drug-likeness (QED) is 0.588. The van der Waals surface area contributed by atoms with E-state index in [0.717, 1.165) is 12.8 Å². The maximum Gasteiger partial charge on any atom is 0.303 e. The third kappa shape index (κ3) is 13.3. The molecule has 0 saturated carbocycles. The van der Waals surface area contributed by atoms with E-state index in [2.05, 4.69) is 6.92 Å². The van der Waals surface area contributed by atoms with Crippen LogP contribution in [0.15, 0.2) is 0 Å². The first-order valence-corrected chi connectivity index (χ1v) is 3.99. The van der Waals surface area contributed by atoms with Crippen molar-refractivity contribution in [3.8, 4) is 0 Å². The van der Waals surface area contributed by atoms with E-state index in [9.17, 15) is 4.79 Å². The van der Waals surface area contributed by atoms with E-state index in [-0.39, 0.29) is 23.9 Å². The van der Waals surface area contributed by atoms with Crippen LogP contribution in [0.5, 0.6) is 0 Å². The summed E-state index contributed by atoms with van der Waals surface area (Å²) < 4.78 is 0. The summed E-state index contributed by atoms with van der Waals surface area (Å²) in [6, 6.07) is 0. The minimum Gasteiger partial charge on any atom is -0.481 e. The first-order chi connectivity index (χ1) is 4.77. The number of carbonyl (C=O) groups is 1. The molecule has 1 N–H and O–H groups in total. The van der Waals surface area contributed by atoms with Crippen molar-refractivity contribution >= 4 is 29.9 Å². The summed E-state index contributed by atoms with van der Waals surface area (Å²) in [5.41, 5.74) is 0. The number of hydrogen-bond acceptors (Lipinski definition) is 1. The van der Waals surface area contributed by atoms with Crippen LogP contribution in [0.25, 0.3) is 0 Å². The molecule has 0 fully saturated rings. The van der Waals surface area contributed by atoms with Gasteiger partial charge in [0.1, 0.15) is 0 Å². The van der Waals surface area contributed by atoms with Crippen molar-refractivity contribution in [2.24, 2.45) is 0 Å². The molecule has 3 heteroatoms. The Kier molecular flexibility index (Phi) is 12.9. The molecule has 0 atom stereocenters. The minimum atomic E-state index is -0.670. The van der Waals surface area contributed by atoms with Crippen LogP contribution in [0.2, 0.25) is 0 Å². The maximum absolute atomic E-state index is 10.0. The molecule has 0 aromatic carbocycles. The van der Waals surface area contributed by atoms with Crippen molar-refractivity contribution in [2.75, 3.05) is 0 Å². The number of carboxylic acids is 1. The summed E-state index contributed by atoms with van der Waals surface area (Å²) in [5.74, 6) is -0.670. The second-order valence-corrected chi connectivity index (χ2v) is 2.56. The van der Waals surface area contributed by atoms with Gasteiger partial charge in [0, 0.05) is 30.3 Å². The van der Waals surface area contributed by atoms with Crippen molar-refractivity contribution in [1.82, 2.24) is 0 Å². The van der Waals surface area contributed by atoms with Gasteiger partial charge in [-0.3, -0.25) is 4.79 Å². The number of rotatable bonds is 6. The fourth-order valence-corrected chi connectivity index (χ4v) is 0.880. The molecule has 2 nitrogen and oxygen atoms in total. The second-order valence-electron chi connectivity index (χ2n) is 2.56. The second kappa shape index (κ2) is 10.3. The van der Waals surface area contributed by atoms with Crippen LogP contribution in [-0.4, -0.2) is 35.0 Å². The van der Waals surface area contributed by atoms with Gasteiger partial charge in [0.2, 0.25) is 0 Å². The van der Waals surface area contributed by atoms with E-state index < -0.39 is 5.97 Å². The average Bonchev–Trinajstić information content (AvgIpc) is 1.87. The summed E-state index contributed by atoms with van der Waals surface area (Å²) in [6.45, 7) is 2.15. The van der Waals surface area contributed by atoms with Gasteiger partial charge in [-0.1, -0.05) is 32.6 Å². The van der Waals surface area contributed by atoms with E-state index in [4.69, 9.17) is 5.11 Å². The molecule has 0 aliphatic rings. The first kappa shape index (κ1) is 13.8. The van der Waals surface area contributed by atoms with Crippen LogP contribution in [0.3, 0.4) is 0 Å². The smallest absolute Gasteiger partial charge is 0.303 e. The maximum atomic E-state index is 10.0. The zero-order valence-corrected chi connectivity index (χ0v) is 9.95. The third-order valence-electron chi connectivity index (χ3n) is 1.49. The normalized spacial score (nSPS) is 8.82. The zero-order chi connectivity index (χ0) is 7.82. The van der Waals surface area contributed by atoms with Crippen LogP contribution >= 0.6 is 0 Å². The van der Waals surface area contributed by atoms with Gasteiger partial charge in [-0.2, -0.15) is 0 Å². The summed E-state index contributed by atoms with van der Waals surface area (Å²) in [6.07, 6.45) is 5.88. The number of unbranched alkanes of at least 4 members (excludes halogenated alkanes) is 4. The number of aliphatic carboxylic acids is 1. The van der Waals surface area contributed by atoms with Gasteiger partial charge in [0.05, 0.1) is 0 Å². The summed E-state index contributed by atoms with van der Waals surface area (Å²) in [4.78, 5) is 10.0. The predicted octanol–water partition coefficient (Wildman–Crippen LogP) is 2.05. The fraction of sp³-hybridized carbons (Fsp3) is 0.875. The first-order valence-electron chi connectivity index (χ1n) is 3.99. The van der Waals surface area contributed by atoms with E-state index in [1.54, 1.807) is 0 Å². The largest absolute Gasteiger partial charge is 0.481 e. The SMILES string of the molecule is CCCCCCCC(=O)O.[Sn]. The standard InChI is InChI=1S/C8H16O2.Sn/c1-2-3-4-5-6-7-8(9)10;/h2-7H2,1H3,(H,9,10);. The van der Waals surface area contributed by atoms with E-state index in [1.165, 1.54) is 19.3 Å². The van der Waals surface area contributed by atoms with Crippen molar-refractivity contribution in [1.29, 1.82) is 0 Å². The van der Waals surface area contributed by atoms with Gasteiger partial charge >= 0.3 is 5.97 Å². The molecule has 0 heterocycles. The fourth-order valence-electron chi connectivity index (χ4n) is 0.880. The number of carboxylic acid groups (broad SMARTS) is 1. The molecule has 0 amide bonds. The van der Waals surface area contributed by atoms with Gasteiger partial charge in [-0.15, -0.1) is 0 Å². The van der Waals surface area contributed by atoms with Gasteiger partial charge in [-0.25, -0.2) is 0 Å². The molecule has 0 unspecified atom stereocenters. The van der Waals surface area contributed by atoms with Crippen LogP contribution in [-0.2, 0) is 4.79 Å². The molecule has 0 aliphatic carbocycles. The minimum absolute atomic E-state index is 0. The van der Waals surface area contributed by atoms with Crippen LogP contribution in [0.1, 0.15) is 45.4 Å². The Balaban J connectivity index is 0. The van der Waals surface area contributed by atoms with Gasteiger partial charge in [-0.05, 0) is 6.42 Å². The van der Waals surface area contributed by atoms with Gasteiger partial charge in [0.15, 0.2) is 0 Å². The average molecular weight is 263 g/mol. The van der Waals surface area contributed by atoms with E-state index >= 15 is 0 Å². The Morgan fingerprint density at radius 1 is 1.18 bits per heavy atom. The predicted molar refractivity (Wildman–Crippen MR) is 46.8 cm³/mol. The zero-order valence-electron chi connectivity index (χ0n) is 7.10. The number of hydrogen-bond donors (Lipinski definition) is 1. The molecule has 0 aromatic heterocycles. The topological polar surface area (TPSA) is 37.3 Å². The van der Waals surface area contributed by atoms with Gasteiger partial charge < -0.3 is 5.11 Å². The third-order valence-corrected chi connectivity index (χ3v) is 1.49. The molecular formula is C8H16O2Sn. The molecule has 0 aliphatic heterocycles. The van der Waals surface area contributed by atoms with Crippen LogP contribution in [0, 0.1) is 0 Å². The Labute approximate surface area is 85.3 Å². The molecule has 4 radical (unpaired) electrons. The van der Waals surface area contributed by atoms with Crippen molar-refractivity contribution in [3.63, 3.8) is 0 Å². The summed E-state index contributed by atoms with van der Waals surface area (Å²) >= 11 is 0. The Morgan fingerprint density at radius 2 is 1.73 bits per heavy atom. The monoisotopic (exact) mass is 264 g/mol. The van der Waals surface area contributed by atoms with E-state index in [0.29, 0.717) is 6.42 Å².